The summed E-state index contributed by atoms with van der Waals surface area (Å²) in [4.78, 5) is 12.3. The fraction of sp³-hybridized carbons (Fsp3) is 0.375. The van der Waals surface area contributed by atoms with E-state index in [4.69, 9.17) is 60.6 Å². The lowest BCUT2D eigenvalue weighted by molar-refractivity contribution is -0.214. The van der Waals surface area contributed by atoms with E-state index in [1.54, 1.807) is 24.3 Å². The molecule has 1 fully saturated rings. The van der Waals surface area contributed by atoms with Crippen LogP contribution in [0.5, 0.6) is 0 Å². The van der Waals surface area contributed by atoms with Crippen LogP contribution >= 0.6 is 46.4 Å². The monoisotopic (exact) mass is 516 g/mol. The zero-order valence-electron chi connectivity index (χ0n) is 17.6. The van der Waals surface area contributed by atoms with E-state index in [1.807, 2.05) is 12.1 Å². The molecule has 3 atom stereocenters. The molecule has 0 saturated carbocycles. The highest BCUT2D eigenvalue weighted by Gasteiger charge is 2.48. The molecule has 172 valence electrons. The summed E-state index contributed by atoms with van der Waals surface area (Å²) in [6.07, 6.45) is 1.94. The van der Waals surface area contributed by atoms with Gasteiger partial charge in [-0.25, -0.2) is 4.79 Å². The number of carbonyl (C=O) groups is 1. The maximum Gasteiger partial charge on any atom is 0.330 e. The fourth-order valence-corrected chi connectivity index (χ4v) is 5.08. The topological polar surface area (TPSA) is 44.8 Å². The number of benzene rings is 2. The Morgan fingerprint density at radius 3 is 2.47 bits per heavy atom. The maximum absolute atomic E-state index is 12.3. The van der Waals surface area contributed by atoms with Crippen LogP contribution in [0.4, 0.5) is 0 Å². The van der Waals surface area contributed by atoms with Crippen molar-refractivity contribution in [2.24, 2.45) is 5.41 Å². The number of hydrogen-bond acceptors (Lipinski definition) is 4. The summed E-state index contributed by atoms with van der Waals surface area (Å²) in [7, 11) is 1.52. The minimum atomic E-state index is -0.773. The van der Waals surface area contributed by atoms with E-state index in [2.05, 4.69) is 6.58 Å². The molecule has 0 radical (unpaired) electrons. The number of methoxy groups -OCH3 is 1. The van der Waals surface area contributed by atoms with Gasteiger partial charge >= 0.3 is 5.97 Å². The second-order valence-corrected chi connectivity index (χ2v) is 9.51. The Kier molecular flexibility index (Phi) is 8.90. The summed E-state index contributed by atoms with van der Waals surface area (Å²) < 4.78 is 17.4. The minimum absolute atomic E-state index is 0.458. The van der Waals surface area contributed by atoms with E-state index in [0.29, 0.717) is 46.0 Å². The first-order chi connectivity index (χ1) is 15.3. The number of esters is 1. The van der Waals surface area contributed by atoms with Gasteiger partial charge in [0.15, 0.2) is 12.4 Å². The van der Waals surface area contributed by atoms with Crippen molar-refractivity contribution >= 4 is 52.4 Å². The zero-order valence-corrected chi connectivity index (χ0v) is 20.6. The van der Waals surface area contributed by atoms with Crippen molar-refractivity contribution in [3.8, 4) is 0 Å². The van der Waals surface area contributed by atoms with Gasteiger partial charge in [-0.2, -0.15) is 0 Å². The number of carbonyl (C=O) groups excluding carboxylic acids is 1. The van der Waals surface area contributed by atoms with Crippen molar-refractivity contribution in [2.75, 3.05) is 13.7 Å². The first-order valence-corrected chi connectivity index (χ1v) is 11.6. The first-order valence-electron chi connectivity index (χ1n) is 10.1. The molecule has 8 heteroatoms. The molecule has 0 bridgehead atoms. The van der Waals surface area contributed by atoms with Crippen molar-refractivity contribution in [3.63, 3.8) is 0 Å². The molecule has 0 aliphatic carbocycles. The van der Waals surface area contributed by atoms with Gasteiger partial charge in [-0.1, -0.05) is 59.0 Å². The Morgan fingerprint density at radius 2 is 1.78 bits per heavy atom. The Morgan fingerprint density at radius 1 is 1.09 bits per heavy atom. The maximum atomic E-state index is 12.3. The third-order valence-electron chi connectivity index (χ3n) is 5.70. The van der Waals surface area contributed by atoms with Gasteiger partial charge in [0.1, 0.15) is 0 Å². The number of halogens is 4. The molecule has 0 unspecified atom stereocenters. The van der Waals surface area contributed by atoms with Crippen LogP contribution in [0.1, 0.15) is 24.0 Å². The van der Waals surface area contributed by atoms with Gasteiger partial charge in [0, 0.05) is 45.3 Å². The Hall–Kier alpha value is -1.27. The summed E-state index contributed by atoms with van der Waals surface area (Å²) in [5.74, 6) is -0.564. The Bertz CT molecular complexity index is 980. The molecule has 32 heavy (non-hydrogen) atoms. The highest BCUT2D eigenvalue weighted by molar-refractivity contribution is 6.35. The van der Waals surface area contributed by atoms with Crippen molar-refractivity contribution < 1.29 is 19.0 Å². The van der Waals surface area contributed by atoms with E-state index in [1.165, 1.54) is 7.11 Å². The van der Waals surface area contributed by atoms with Crippen LogP contribution in [0, 0.1) is 5.41 Å². The van der Waals surface area contributed by atoms with Crippen LogP contribution in [0.15, 0.2) is 49.1 Å². The molecular weight excluding hydrogens is 494 g/mol. The van der Waals surface area contributed by atoms with Gasteiger partial charge in [-0.15, -0.1) is 0 Å². The molecule has 0 spiro atoms. The van der Waals surface area contributed by atoms with Crippen LogP contribution in [0.2, 0.25) is 20.1 Å². The quantitative estimate of drug-likeness (QED) is 0.294. The van der Waals surface area contributed by atoms with Crippen molar-refractivity contribution in [1.82, 2.24) is 0 Å². The van der Waals surface area contributed by atoms with Crippen LogP contribution in [-0.2, 0) is 31.8 Å². The highest BCUT2D eigenvalue weighted by Crippen LogP contribution is 2.45. The molecule has 2 aromatic carbocycles. The molecule has 0 amide bonds. The molecular formula is C24H24Cl4O4. The third kappa shape index (κ3) is 5.99. The SMILES string of the molecule is C=CC(=O)O[C@@H]1[C@@H](OC)OCCC[C@@]1(Cc1ccc(Cl)cc1Cl)Cc1cc(Cl)ccc1Cl. The molecule has 2 aromatic rings. The molecule has 1 aliphatic rings. The van der Waals surface area contributed by atoms with Gasteiger partial charge in [0.05, 0.1) is 0 Å². The minimum Gasteiger partial charge on any atom is -0.453 e. The van der Waals surface area contributed by atoms with Gasteiger partial charge in [0.25, 0.3) is 0 Å². The van der Waals surface area contributed by atoms with Crippen molar-refractivity contribution in [2.45, 2.75) is 38.1 Å². The first kappa shape index (κ1) is 25.4. The average molecular weight is 518 g/mol. The normalized spacial score (nSPS) is 23.4. The molecule has 4 nitrogen and oxygen atoms in total. The lowest BCUT2D eigenvalue weighted by Gasteiger charge is -2.41. The van der Waals surface area contributed by atoms with Crippen LogP contribution in [0.3, 0.4) is 0 Å². The largest absolute Gasteiger partial charge is 0.453 e. The number of rotatable bonds is 7. The third-order valence-corrected chi connectivity index (χ3v) is 6.89. The van der Waals surface area contributed by atoms with E-state index in [0.717, 1.165) is 23.6 Å². The summed E-state index contributed by atoms with van der Waals surface area (Å²) in [5.41, 5.74) is 1.05. The fourth-order valence-electron chi connectivity index (χ4n) is 4.23. The molecule has 3 rings (SSSR count). The predicted molar refractivity (Wildman–Crippen MR) is 129 cm³/mol. The van der Waals surface area contributed by atoms with Crippen LogP contribution < -0.4 is 0 Å². The molecule has 0 aromatic heterocycles. The van der Waals surface area contributed by atoms with E-state index in [-0.39, 0.29) is 0 Å². The Balaban J connectivity index is 2.15. The van der Waals surface area contributed by atoms with Gasteiger partial charge < -0.3 is 14.2 Å². The van der Waals surface area contributed by atoms with Crippen LogP contribution in [-0.4, -0.2) is 32.1 Å². The van der Waals surface area contributed by atoms with Gasteiger partial charge in [-0.05, 0) is 67.1 Å². The Labute approximate surface area is 208 Å². The van der Waals surface area contributed by atoms with E-state index in [9.17, 15) is 4.79 Å². The standard InChI is InChI=1S/C24H24Cl4O4/c1-3-21(29)32-22-23(30-2)31-10-4-9-24(22,13-15-5-6-18(26)12-20(15)28)14-16-11-17(25)7-8-19(16)27/h3,5-8,11-12,22-23H,1,4,9-10,13-14H2,2H3/t22-,23+,24-/m1/s1. The smallest absolute Gasteiger partial charge is 0.330 e. The van der Waals surface area contributed by atoms with E-state index >= 15 is 0 Å². The summed E-state index contributed by atoms with van der Waals surface area (Å²) >= 11 is 25.5. The lowest BCUT2D eigenvalue weighted by Crippen LogP contribution is -2.49. The lowest BCUT2D eigenvalue weighted by atomic mass is 9.69. The summed E-state index contributed by atoms with van der Waals surface area (Å²) in [6, 6.07) is 10.7. The molecule has 1 heterocycles. The van der Waals surface area contributed by atoms with Gasteiger partial charge in [-0.3, -0.25) is 0 Å². The van der Waals surface area contributed by atoms with E-state index < -0.39 is 23.8 Å². The number of ether oxygens (including phenoxy) is 3. The number of hydrogen-bond donors (Lipinski definition) is 0. The summed E-state index contributed by atoms with van der Waals surface area (Å²) in [5, 5.41) is 2.21. The average Bonchev–Trinajstić information content (AvgIpc) is 2.92. The highest BCUT2D eigenvalue weighted by atomic mass is 35.5. The summed E-state index contributed by atoms with van der Waals surface area (Å²) in [6.45, 7) is 3.99. The molecule has 0 N–H and O–H groups in total. The predicted octanol–water partition coefficient (Wildman–Crippen LogP) is 6.95. The molecule has 1 saturated heterocycles. The van der Waals surface area contributed by atoms with Gasteiger partial charge in [0.2, 0.25) is 0 Å². The van der Waals surface area contributed by atoms with Crippen molar-refractivity contribution in [3.05, 3.63) is 80.3 Å². The second-order valence-electron chi connectivity index (χ2n) is 7.83. The zero-order chi connectivity index (χ0) is 23.3. The second kappa shape index (κ2) is 11.2. The van der Waals surface area contributed by atoms with Crippen molar-refractivity contribution in [1.29, 1.82) is 0 Å². The molecule has 1 aliphatic heterocycles. The van der Waals surface area contributed by atoms with Crippen LogP contribution in [0.25, 0.3) is 0 Å².